The first-order chi connectivity index (χ1) is 8.65. The molecule has 6 nitrogen and oxygen atoms in total. The van der Waals surface area contributed by atoms with Crippen molar-refractivity contribution in [3.8, 4) is 5.75 Å². The van der Waals surface area contributed by atoms with Gasteiger partial charge in [0.15, 0.2) is 5.96 Å². The number of hydrogen-bond donors (Lipinski definition) is 2. The third kappa shape index (κ3) is 6.85. The lowest BCUT2D eigenvalue weighted by Crippen LogP contribution is -2.23. The van der Waals surface area contributed by atoms with Gasteiger partial charge in [0.1, 0.15) is 5.75 Å². The maximum Gasteiger partial charge on any atom is 0.307 e. The fraction of sp³-hybridized carbons (Fsp3) is 0.333. The maximum absolute atomic E-state index is 10.9. The van der Waals surface area contributed by atoms with Crippen LogP contribution >= 0.6 is 24.0 Å². The Hall–Kier alpha value is -1.51. The van der Waals surface area contributed by atoms with Gasteiger partial charge in [0.05, 0.1) is 27.2 Å². The average Bonchev–Trinajstić information content (AvgIpc) is 2.39. The molecule has 1 aromatic carbocycles. The van der Waals surface area contributed by atoms with E-state index >= 15 is 0 Å². The molecule has 0 bridgehead atoms. The lowest BCUT2D eigenvalue weighted by atomic mass is 10.3. The third-order valence-corrected chi connectivity index (χ3v) is 2.19. The van der Waals surface area contributed by atoms with E-state index in [4.69, 9.17) is 10.5 Å². The van der Waals surface area contributed by atoms with E-state index in [0.717, 1.165) is 11.4 Å². The van der Waals surface area contributed by atoms with Crippen molar-refractivity contribution in [1.29, 1.82) is 0 Å². The topological polar surface area (TPSA) is 85.9 Å². The van der Waals surface area contributed by atoms with Crippen LogP contribution in [0.1, 0.15) is 6.42 Å². The van der Waals surface area contributed by atoms with Crippen LogP contribution in [0.3, 0.4) is 0 Å². The van der Waals surface area contributed by atoms with Gasteiger partial charge >= 0.3 is 5.97 Å². The quantitative estimate of drug-likeness (QED) is 0.351. The lowest BCUT2D eigenvalue weighted by molar-refractivity contribution is -0.140. The SMILES string of the molecule is COC(=O)CCN=C(N)Nc1ccc(OC)cc1.I. The lowest BCUT2D eigenvalue weighted by Gasteiger charge is -2.06. The fourth-order valence-electron chi connectivity index (χ4n) is 1.23. The second kappa shape index (κ2) is 9.42. The smallest absolute Gasteiger partial charge is 0.307 e. The van der Waals surface area contributed by atoms with E-state index in [2.05, 4.69) is 15.0 Å². The first kappa shape index (κ1) is 17.5. The van der Waals surface area contributed by atoms with E-state index in [1.165, 1.54) is 7.11 Å². The van der Waals surface area contributed by atoms with E-state index in [1.54, 1.807) is 7.11 Å². The summed E-state index contributed by atoms with van der Waals surface area (Å²) in [6.45, 7) is 0.293. The molecule has 0 heterocycles. The zero-order chi connectivity index (χ0) is 13.4. The first-order valence-corrected chi connectivity index (χ1v) is 5.43. The van der Waals surface area contributed by atoms with Crippen molar-refractivity contribution in [3.05, 3.63) is 24.3 Å². The molecule has 19 heavy (non-hydrogen) atoms. The molecule has 1 aromatic rings. The Morgan fingerprint density at radius 1 is 1.32 bits per heavy atom. The summed E-state index contributed by atoms with van der Waals surface area (Å²) < 4.78 is 9.53. The number of methoxy groups -OCH3 is 2. The van der Waals surface area contributed by atoms with Crippen molar-refractivity contribution < 1.29 is 14.3 Å². The molecule has 1 rings (SSSR count). The number of hydrogen-bond acceptors (Lipinski definition) is 4. The first-order valence-electron chi connectivity index (χ1n) is 5.43. The van der Waals surface area contributed by atoms with Crippen molar-refractivity contribution in [3.63, 3.8) is 0 Å². The van der Waals surface area contributed by atoms with Crippen molar-refractivity contribution in [2.75, 3.05) is 26.1 Å². The van der Waals surface area contributed by atoms with E-state index in [0.29, 0.717) is 6.54 Å². The van der Waals surface area contributed by atoms with Crippen LogP contribution in [0.2, 0.25) is 0 Å². The molecule has 3 N–H and O–H groups in total. The van der Waals surface area contributed by atoms with Gasteiger partial charge in [-0.05, 0) is 24.3 Å². The number of anilines is 1. The summed E-state index contributed by atoms with van der Waals surface area (Å²) in [4.78, 5) is 14.9. The summed E-state index contributed by atoms with van der Waals surface area (Å²) in [5, 5.41) is 2.91. The van der Waals surface area contributed by atoms with Gasteiger partial charge in [-0.3, -0.25) is 9.79 Å². The van der Waals surface area contributed by atoms with Gasteiger partial charge in [-0.25, -0.2) is 0 Å². The van der Waals surface area contributed by atoms with Crippen LogP contribution in [0.15, 0.2) is 29.3 Å². The minimum Gasteiger partial charge on any atom is -0.497 e. The highest BCUT2D eigenvalue weighted by Gasteiger charge is 1.99. The molecule has 0 aromatic heterocycles. The molecule has 0 unspecified atom stereocenters. The number of rotatable bonds is 5. The summed E-state index contributed by atoms with van der Waals surface area (Å²) in [6.07, 6.45) is 0.210. The van der Waals surface area contributed by atoms with Crippen molar-refractivity contribution in [2.24, 2.45) is 10.7 Å². The minimum absolute atomic E-state index is 0. The molecule has 106 valence electrons. The fourth-order valence-corrected chi connectivity index (χ4v) is 1.23. The molecule has 0 spiro atoms. The molecule has 0 saturated carbocycles. The summed E-state index contributed by atoms with van der Waals surface area (Å²) >= 11 is 0. The van der Waals surface area contributed by atoms with Crippen molar-refractivity contribution in [1.82, 2.24) is 0 Å². The van der Waals surface area contributed by atoms with Crippen LogP contribution in [0.4, 0.5) is 5.69 Å². The van der Waals surface area contributed by atoms with Crippen LogP contribution in [-0.4, -0.2) is 32.7 Å². The van der Waals surface area contributed by atoms with Gasteiger partial charge in [-0.15, -0.1) is 24.0 Å². The molecule has 0 fully saturated rings. The van der Waals surface area contributed by atoms with Crippen LogP contribution in [-0.2, 0) is 9.53 Å². The molecule has 0 radical (unpaired) electrons. The number of benzene rings is 1. The molecule has 0 atom stereocenters. The number of halogens is 1. The molecule has 7 heteroatoms. The Bertz CT molecular complexity index is 421. The molecule has 0 aliphatic rings. The number of nitrogens with one attached hydrogen (secondary N) is 1. The third-order valence-electron chi connectivity index (χ3n) is 2.19. The van der Waals surface area contributed by atoms with Crippen LogP contribution in [0, 0.1) is 0 Å². The van der Waals surface area contributed by atoms with E-state index < -0.39 is 0 Å². The highest BCUT2D eigenvalue weighted by molar-refractivity contribution is 14.0. The normalized spacial score (nSPS) is 10.3. The van der Waals surface area contributed by atoms with Crippen molar-refractivity contribution in [2.45, 2.75) is 6.42 Å². The number of carbonyl (C=O) groups excluding carboxylic acids is 1. The number of ether oxygens (including phenoxy) is 2. The summed E-state index contributed by atoms with van der Waals surface area (Å²) in [5.41, 5.74) is 6.46. The number of nitrogens with zero attached hydrogens (tertiary/aromatic N) is 1. The summed E-state index contributed by atoms with van der Waals surface area (Å²) in [5.74, 6) is 0.710. The number of nitrogens with two attached hydrogens (primary N) is 1. The number of guanidine groups is 1. The minimum atomic E-state index is -0.309. The van der Waals surface area contributed by atoms with Gasteiger partial charge in [-0.2, -0.15) is 0 Å². The molecular weight excluding hydrogens is 361 g/mol. The predicted molar refractivity (Wildman–Crippen MR) is 85.2 cm³/mol. The van der Waals surface area contributed by atoms with Crippen LogP contribution < -0.4 is 15.8 Å². The molecule has 0 aliphatic heterocycles. The highest BCUT2D eigenvalue weighted by atomic mass is 127. The van der Waals surface area contributed by atoms with Crippen molar-refractivity contribution >= 4 is 41.6 Å². The number of esters is 1. The standard InChI is InChI=1S/C12H17N3O3.HI/c1-17-10-5-3-9(4-6-10)15-12(13)14-8-7-11(16)18-2;/h3-6H,7-8H2,1-2H3,(H3,13,14,15);1H. The van der Waals surface area contributed by atoms with Gasteiger partial charge in [0, 0.05) is 5.69 Å². The average molecular weight is 379 g/mol. The van der Waals surface area contributed by atoms with Gasteiger partial charge < -0.3 is 20.5 Å². The second-order valence-electron chi connectivity index (χ2n) is 3.45. The summed E-state index contributed by atoms with van der Waals surface area (Å²) in [6, 6.07) is 7.26. The van der Waals surface area contributed by atoms with E-state index in [1.807, 2.05) is 24.3 Å². The van der Waals surface area contributed by atoms with E-state index in [-0.39, 0.29) is 42.3 Å². The highest BCUT2D eigenvalue weighted by Crippen LogP contribution is 2.14. The Kier molecular flexibility index (Phi) is 8.68. The molecular formula is C12H18IN3O3. The Morgan fingerprint density at radius 2 is 1.95 bits per heavy atom. The van der Waals surface area contributed by atoms with Gasteiger partial charge in [-0.1, -0.05) is 0 Å². The zero-order valence-corrected chi connectivity index (χ0v) is 13.2. The molecule has 0 amide bonds. The largest absolute Gasteiger partial charge is 0.497 e. The Balaban J connectivity index is 0.00000324. The summed E-state index contributed by atoms with van der Waals surface area (Å²) in [7, 11) is 2.94. The maximum atomic E-state index is 10.9. The molecule has 0 saturated heterocycles. The monoisotopic (exact) mass is 379 g/mol. The second-order valence-corrected chi connectivity index (χ2v) is 3.45. The zero-order valence-electron chi connectivity index (χ0n) is 10.9. The molecule has 0 aliphatic carbocycles. The van der Waals surface area contributed by atoms with Crippen LogP contribution in [0.25, 0.3) is 0 Å². The predicted octanol–water partition coefficient (Wildman–Crippen LogP) is 1.60. The Labute approximate surface area is 129 Å². The van der Waals surface area contributed by atoms with Gasteiger partial charge in [0.2, 0.25) is 0 Å². The Morgan fingerprint density at radius 3 is 2.47 bits per heavy atom. The van der Waals surface area contributed by atoms with E-state index in [9.17, 15) is 4.79 Å². The number of aliphatic imine (C=N–C) groups is 1. The van der Waals surface area contributed by atoms with Gasteiger partial charge in [0.25, 0.3) is 0 Å². The number of carbonyl (C=O) groups is 1. The van der Waals surface area contributed by atoms with Crippen LogP contribution in [0.5, 0.6) is 5.75 Å².